The van der Waals surface area contributed by atoms with Crippen LogP contribution in [0.2, 0.25) is 0 Å². The first kappa shape index (κ1) is 20.1. The molecular weight excluding hydrogens is 371 g/mol. The van der Waals surface area contributed by atoms with Crippen LogP contribution in [0.5, 0.6) is 0 Å². The topological polar surface area (TPSA) is 65.5 Å². The van der Waals surface area contributed by atoms with Crippen molar-refractivity contribution in [2.45, 2.75) is 25.4 Å². The van der Waals surface area contributed by atoms with E-state index in [2.05, 4.69) is 10.3 Å². The Morgan fingerprint density at radius 2 is 1.96 bits per heavy atom. The molecule has 0 atom stereocenters. The molecular formula is C20H22F3N3O2. The summed E-state index contributed by atoms with van der Waals surface area (Å²) in [5.41, 5.74) is 0.0510. The summed E-state index contributed by atoms with van der Waals surface area (Å²) in [4.78, 5) is 18.8. The van der Waals surface area contributed by atoms with Crippen molar-refractivity contribution in [2.75, 3.05) is 29.9 Å². The fourth-order valence-corrected chi connectivity index (χ4v) is 3.31. The molecule has 0 radical (unpaired) electrons. The second kappa shape index (κ2) is 8.60. The normalized spacial score (nSPS) is 15.5. The van der Waals surface area contributed by atoms with Crippen molar-refractivity contribution in [2.24, 2.45) is 5.92 Å². The van der Waals surface area contributed by atoms with Crippen molar-refractivity contribution < 1.29 is 23.1 Å². The highest BCUT2D eigenvalue weighted by Crippen LogP contribution is 2.30. The van der Waals surface area contributed by atoms with Gasteiger partial charge < -0.3 is 15.3 Å². The SMILES string of the molecule is O=C(Cc1cccc(C(F)(F)F)c1)Nc1cccnc1N1CCC(CO)CC1. The van der Waals surface area contributed by atoms with Gasteiger partial charge in [-0.15, -0.1) is 0 Å². The molecule has 150 valence electrons. The van der Waals surface area contributed by atoms with Crippen LogP contribution in [-0.2, 0) is 17.4 Å². The number of hydrogen-bond acceptors (Lipinski definition) is 4. The zero-order valence-corrected chi connectivity index (χ0v) is 15.2. The largest absolute Gasteiger partial charge is 0.416 e. The van der Waals surface area contributed by atoms with E-state index in [4.69, 9.17) is 0 Å². The summed E-state index contributed by atoms with van der Waals surface area (Å²) >= 11 is 0. The fraction of sp³-hybridized carbons (Fsp3) is 0.400. The van der Waals surface area contributed by atoms with E-state index < -0.39 is 17.6 Å². The number of piperidine rings is 1. The number of carbonyl (C=O) groups excluding carboxylic acids is 1. The molecule has 8 heteroatoms. The van der Waals surface area contributed by atoms with Gasteiger partial charge in [0.25, 0.3) is 0 Å². The Hall–Kier alpha value is -2.61. The number of carbonyl (C=O) groups is 1. The van der Waals surface area contributed by atoms with Crippen LogP contribution in [0.4, 0.5) is 24.7 Å². The maximum absolute atomic E-state index is 12.8. The van der Waals surface area contributed by atoms with Crippen LogP contribution in [0, 0.1) is 5.92 Å². The van der Waals surface area contributed by atoms with E-state index in [0.29, 0.717) is 17.1 Å². The molecule has 1 fully saturated rings. The third kappa shape index (κ3) is 5.01. The lowest BCUT2D eigenvalue weighted by atomic mass is 9.98. The number of aliphatic hydroxyl groups is 1. The first-order valence-corrected chi connectivity index (χ1v) is 9.13. The van der Waals surface area contributed by atoms with E-state index in [1.807, 2.05) is 4.90 Å². The summed E-state index contributed by atoms with van der Waals surface area (Å²) in [6.07, 6.45) is -1.29. The number of hydrogen-bond donors (Lipinski definition) is 2. The molecule has 2 N–H and O–H groups in total. The van der Waals surface area contributed by atoms with Gasteiger partial charge in [-0.05, 0) is 42.5 Å². The molecule has 2 heterocycles. The molecule has 28 heavy (non-hydrogen) atoms. The lowest BCUT2D eigenvalue weighted by Crippen LogP contribution is -2.36. The maximum atomic E-state index is 12.8. The highest BCUT2D eigenvalue weighted by Gasteiger charge is 2.30. The molecule has 1 amide bonds. The number of nitrogens with zero attached hydrogens (tertiary/aromatic N) is 2. The fourth-order valence-electron chi connectivity index (χ4n) is 3.31. The number of alkyl halides is 3. The van der Waals surface area contributed by atoms with Gasteiger partial charge in [0, 0.05) is 25.9 Å². The molecule has 1 aliphatic heterocycles. The quantitative estimate of drug-likeness (QED) is 0.816. The number of benzene rings is 1. The van der Waals surface area contributed by atoms with Gasteiger partial charge in [0.1, 0.15) is 0 Å². The molecule has 1 aliphatic rings. The van der Waals surface area contributed by atoms with Crippen molar-refractivity contribution in [1.82, 2.24) is 4.98 Å². The van der Waals surface area contributed by atoms with Crippen LogP contribution in [0.1, 0.15) is 24.0 Å². The van der Waals surface area contributed by atoms with Crippen LogP contribution in [0.3, 0.4) is 0 Å². The molecule has 0 bridgehead atoms. The third-order valence-electron chi connectivity index (χ3n) is 4.85. The molecule has 2 aromatic rings. The minimum atomic E-state index is -4.44. The first-order chi connectivity index (χ1) is 13.4. The van der Waals surface area contributed by atoms with Crippen LogP contribution >= 0.6 is 0 Å². The number of amides is 1. The van der Waals surface area contributed by atoms with Gasteiger partial charge in [-0.2, -0.15) is 13.2 Å². The van der Waals surface area contributed by atoms with E-state index in [9.17, 15) is 23.1 Å². The Morgan fingerprint density at radius 3 is 2.64 bits per heavy atom. The van der Waals surface area contributed by atoms with Gasteiger partial charge in [-0.3, -0.25) is 4.79 Å². The first-order valence-electron chi connectivity index (χ1n) is 9.13. The summed E-state index contributed by atoms with van der Waals surface area (Å²) in [6.45, 7) is 1.61. The van der Waals surface area contributed by atoms with Gasteiger partial charge >= 0.3 is 6.18 Å². The monoisotopic (exact) mass is 393 g/mol. The van der Waals surface area contributed by atoms with E-state index in [-0.39, 0.29) is 18.9 Å². The van der Waals surface area contributed by atoms with Crippen LogP contribution in [0.25, 0.3) is 0 Å². The number of rotatable bonds is 5. The van der Waals surface area contributed by atoms with Gasteiger partial charge in [0.2, 0.25) is 5.91 Å². The molecule has 1 saturated heterocycles. The summed E-state index contributed by atoms with van der Waals surface area (Å²) in [7, 11) is 0. The minimum absolute atomic E-state index is 0.162. The number of anilines is 2. The van der Waals surface area contributed by atoms with Gasteiger partial charge in [-0.1, -0.05) is 18.2 Å². The zero-order chi connectivity index (χ0) is 20.1. The molecule has 0 saturated carbocycles. The van der Waals surface area contributed by atoms with Crippen LogP contribution in [-0.4, -0.2) is 35.7 Å². The van der Waals surface area contributed by atoms with Gasteiger partial charge in [0.15, 0.2) is 5.82 Å². The number of aliphatic hydroxyl groups excluding tert-OH is 1. The van der Waals surface area contributed by atoms with Crippen LogP contribution < -0.4 is 10.2 Å². The minimum Gasteiger partial charge on any atom is -0.396 e. The molecule has 0 spiro atoms. The van der Waals surface area contributed by atoms with E-state index in [1.54, 1.807) is 18.3 Å². The predicted molar refractivity (Wildman–Crippen MR) is 100 cm³/mol. The standard InChI is InChI=1S/C20H22F3N3O2/c21-20(22,23)16-4-1-3-15(11-16)12-18(28)25-17-5-2-8-24-19(17)26-9-6-14(13-27)7-10-26/h1-5,8,11,14,27H,6-7,9-10,12-13H2,(H,25,28). The Morgan fingerprint density at radius 1 is 1.21 bits per heavy atom. The Bertz CT molecular complexity index is 818. The smallest absolute Gasteiger partial charge is 0.396 e. The molecule has 5 nitrogen and oxygen atoms in total. The lowest BCUT2D eigenvalue weighted by molar-refractivity contribution is -0.137. The second-order valence-corrected chi connectivity index (χ2v) is 6.91. The Balaban J connectivity index is 1.68. The predicted octanol–water partition coefficient (Wildman–Crippen LogP) is 3.49. The summed E-state index contributed by atoms with van der Waals surface area (Å²) in [5, 5.41) is 12.0. The van der Waals surface area contributed by atoms with Crippen molar-refractivity contribution in [3.63, 3.8) is 0 Å². The second-order valence-electron chi connectivity index (χ2n) is 6.91. The van der Waals surface area contributed by atoms with Crippen molar-refractivity contribution in [1.29, 1.82) is 0 Å². The van der Waals surface area contributed by atoms with Crippen molar-refractivity contribution >= 4 is 17.4 Å². The number of pyridine rings is 1. The van der Waals surface area contributed by atoms with E-state index >= 15 is 0 Å². The average Bonchev–Trinajstić information content (AvgIpc) is 2.68. The van der Waals surface area contributed by atoms with Gasteiger partial charge in [-0.25, -0.2) is 4.98 Å². The number of halogens is 3. The van der Waals surface area contributed by atoms with Crippen molar-refractivity contribution in [3.05, 3.63) is 53.7 Å². The number of aromatic nitrogens is 1. The summed E-state index contributed by atoms with van der Waals surface area (Å²) < 4.78 is 38.5. The highest BCUT2D eigenvalue weighted by atomic mass is 19.4. The maximum Gasteiger partial charge on any atom is 0.416 e. The molecule has 1 aromatic heterocycles. The molecule has 0 aliphatic carbocycles. The summed E-state index contributed by atoms with van der Waals surface area (Å²) in [6, 6.07) is 8.19. The zero-order valence-electron chi connectivity index (χ0n) is 15.2. The van der Waals surface area contributed by atoms with Crippen molar-refractivity contribution in [3.8, 4) is 0 Å². The average molecular weight is 393 g/mol. The van der Waals surface area contributed by atoms with Gasteiger partial charge in [0.05, 0.1) is 17.7 Å². The summed E-state index contributed by atoms with van der Waals surface area (Å²) in [5.74, 6) is 0.508. The highest BCUT2D eigenvalue weighted by molar-refractivity contribution is 5.94. The molecule has 1 aromatic carbocycles. The molecule has 0 unspecified atom stereocenters. The Kier molecular flexibility index (Phi) is 6.18. The van der Waals surface area contributed by atoms with E-state index in [0.717, 1.165) is 38.1 Å². The molecule has 3 rings (SSSR count). The Labute approximate surface area is 161 Å². The van der Waals surface area contributed by atoms with Crippen LogP contribution in [0.15, 0.2) is 42.6 Å². The third-order valence-corrected chi connectivity index (χ3v) is 4.85. The number of nitrogens with one attached hydrogen (secondary N) is 1. The van der Waals surface area contributed by atoms with E-state index in [1.165, 1.54) is 12.1 Å². The lowest BCUT2D eigenvalue weighted by Gasteiger charge is -2.33.